The van der Waals surface area contributed by atoms with E-state index >= 15 is 17.6 Å². The summed E-state index contributed by atoms with van der Waals surface area (Å²) >= 11 is 6.99. The molecule has 0 aromatic heterocycles. The smallest absolute Gasteiger partial charge is 0.417 e. The summed E-state index contributed by atoms with van der Waals surface area (Å²) in [4.78, 5) is 22.3. The summed E-state index contributed by atoms with van der Waals surface area (Å²) in [6.45, 7) is 9.69. The lowest BCUT2D eigenvalue weighted by Gasteiger charge is -2.47. The minimum absolute atomic E-state index is 0.0131. The highest BCUT2D eigenvalue weighted by Gasteiger charge is 2.45. The van der Waals surface area contributed by atoms with Crippen molar-refractivity contribution in [3.63, 3.8) is 0 Å². The lowest BCUT2D eigenvalue weighted by atomic mass is 9.92. The molecule has 1 N–H and O–H groups in total. The summed E-state index contributed by atoms with van der Waals surface area (Å²) in [6.07, 6.45) is -7.64. The summed E-state index contributed by atoms with van der Waals surface area (Å²) in [5.41, 5.74) is -2.72. The Morgan fingerprint density at radius 1 is 1.04 bits per heavy atom. The zero-order chi connectivity index (χ0) is 35.3. The number of hydrogen-bond acceptors (Lipinski definition) is 9. The van der Waals surface area contributed by atoms with Gasteiger partial charge in [0.25, 0.3) is 0 Å². The topological polar surface area (TPSA) is 87.1 Å². The van der Waals surface area contributed by atoms with Crippen molar-refractivity contribution in [3.8, 4) is 11.1 Å². The van der Waals surface area contributed by atoms with Gasteiger partial charge < -0.3 is 29.1 Å². The van der Waals surface area contributed by atoms with E-state index in [1.54, 1.807) is 44.4 Å². The Kier molecular flexibility index (Phi) is 10.5. The van der Waals surface area contributed by atoms with Gasteiger partial charge in [-0.15, -0.1) is 11.8 Å². The molecule has 0 bridgehead atoms. The fraction of sp³-hybridized carbons (Fsp3) is 0.562. The summed E-state index contributed by atoms with van der Waals surface area (Å²) in [5, 5.41) is 10.9. The number of benzene rings is 2. The average Bonchev–Trinajstić information content (AvgIpc) is 3.16. The van der Waals surface area contributed by atoms with Crippen LogP contribution in [0.5, 0.6) is 0 Å². The number of aliphatic hydroxyl groups is 1. The molecular weight excluding hydrogens is 683 g/mol. The molecule has 16 heteroatoms. The first-order chi connectivity index (χ1) is 22.4. The van der Waals surface area contributed by atoms with Gasteiger partial charge in [0.05, 0.1) is 47.7 Å². The molecule has 1 amide bonds. The van der Waals surface area contributed by atoms with Crippen LogP contribution >= 0.6 is 23.4 Å². The predicted molar refractivity (Wildman–Crippen MR) is 173 cm³/mol. The number of hydrogen-bond donors (Lipinski definition) is 1. The standard InChI is InChI=1S/C32H38ClF5N4O5S/c1-16-12-40(13-17(2)42(16)30(44)47-31(3,4)5)28-20-9-21(32(36,37)38)25(19-10-22(33)24(35)11-23(19)34)27-26(20)41(29(43)39-28)14-18(15-48-27)46-8-7-45-6/h9-11,16-18,29,43H,7-8,12-15H2,1-6H3/t16-,17+,18-,29?/m1/s1. The van der Waals surface area contributed by atoms with Crippen LogP contribution in [0.4, 0.5) is 32.4 Å². The molecule has 0 aliphatic carbocycles. The predicted octanol–water partition coefficient (Wildman–Crippen LogP) is 6.61. The van der Waals surface area contributed by atoms with Crippen LogP contribution in [0.15, 0.2) is 28.1 Å². The maximum atomic E-state index is 15.4. The number of thioether (sulfide) groups is 1. The van der Waals surface area contributed by atoms with Crippen LogP contribution in [-0.2, 0) is 20.4 Å². The third-order valence-corrected chi connectivity index (χ3v) is 9.68. The number of aliphatic imine (C=N–C) groups is 1. The number of halogens is 6. The van der Waals surface area contributed by atoms with Gasteiger partial charge in [0.2, 0.25) is 6.35 Å². The quantitative estimate of drug-likeness (QED) is 0.210. The van der Waals surface area contributed by atoms with Gasteiger partial charge in [0.15, 0.2) is 0 Å². The van der Waals surface area contributed by atoms with Crippen molar-refractivity contribution in [3.05, 3.63) is 46.0 Å². The molecule has 4 atom stereocenters. The molecule has 5 rings (SSSR count). The normalized spacial score (nSPS) is 23.1. The van der Waals surface area contributed by atoms with Gasteiger partial charge in [0, 0.05) is 60.1 Å². The first-order valence-electron chi connectivity index (χ1n) is 15.4. The maximum Gasteiger partial charge on any atom is 0.417 e. The van der Waals surface area contributed by atoms with E-state index in [4.69, 9.17) is 25.8 Å². The summed E-state index contributed by atoms with van der Waals surface area (Å²) in [5.74, 6) is -2.11. The van der Waals surface area contributed by atoms with Crippen molar-refractivity contribution < 1.29 is 46.1 Å². The van der Waals surface area contributed by atoms with Crippen LogP contribution in [0.25, 0.3) is 11.1 Å². The van der Waals surface area contributed by atoms with Crippen molar-refractivity contribution in [1.29, 1.82) is 0 Å². The van der Waals surface area contributed by atoms with E-state index in [0.29, 0.717) is 6.07 Å². The van der Waals surface area contributed by atoms with Gasteiger partial charge in [-0.1, -0.05) is 11.6 Å². The monoisotopic (exact) mass is 720 g/mol. The molecule has 3 aliphatic heterocycles. The molecule has 3 heterocycles. The van der Waals surface area contributed by atoms with Crippen molar-refractivity contribution in [2.24, 2.45) is 4.99 Å². The number of methoxy groups -OCH3 is 1. The summed E-state index contributed by atoms with van der Waals surface area (Å²) in [6, 6.07) is 1.31. The highest BCUT2D eigenvalue weighted by molar-refractivity contribution is 7.99. The third-order valence-electron chi connectivity index (χ3n) is 8.16. The fourth-order valence-electron chi connectivity index (χ4n) is 6.27. The molecule has 1 unspecified atom stereocenters. The van der Waals surface area contributed by atoms with E-state index in [0.717, 1.165) is 23.9 Å². The number of amidine groups is 1. The number of ether oxygens (including phenoxy) is 3. The molecule has 48 heavy (non-hydrogen) atoms. The highest BCUT2D eigenvalue weighted by Crippen LogP contribution is 2.52. The second kappa shape index (κ2) is 13.8. The maximum absolute atomic E-state index is 15.4. The Balaban J connectivity index is 1.67. The van der Waals surface area contributed by atoms with Gasteiger partial charge >= 0.3 is 12.3 Å². The number of nitrogens with zero attached hydrogens (tertiary/aromatic N) is 4. The SMILES string of the molecule is COCCO[C@H]1CSc2c(-c3cc(Cl)c(F)cc3F)c(C(F)(F)F)cc3c2N(C1)C(O)N=C3N1C[C@@H](C)N(C(=O)OC(C)(C)C)[C@@H](C)C1. The lowest BCUT2D eigenvalue weighted by molar-refractivity contribution is -0.137. The zero-order valence-electron chi connectivity index (χ0n) is 27.3. The van der Waals surface area contributed by atoms with Gasteiger partial charge in [-0.05, 0) is 46.8 Å². The minimum Gasteiger partial charge on any atom is -0.444 e. The van der Waals surface area contributed by atoms with Crippen molar-refractivity contribution in [2.45, 2.75) is 75.8 Å². The molecule has 264 valence electrons. The van der Waals surface area contributed by atoms with Gasteiger partial charge in [0.1, 0.15) is 23.1 Å². The molecule has 0 radical (unpaired) electrons. The average molecular weight is 721 g/mol. The number of rotatable bonds is 5. The molecule has 0 saturated carbocycles. The second-order valence-electron chi connectivity index (χ2n) is 13.0. The highest BCUT2D eigenvalue weighted by atomic mass is 35.5. The molecule has 0 spiro atoms. The number of carbonyl (C=O) groups is 1. The summed E-state index contributed by atoms with van der Waals surface area (Å²) in [7, 11) is 1.50. The van der Waals surface area contributed by atoms with Gasteiger partial charge in [-0.2, -0.15) is 13.2 Å². The Bertz CT molecular complexity index is 1580. The van der Waals surface area contributed by atoms with E-state index in [9.17, 15) is 14.3 Å². The van der Waals surface area contributed by atoms with E-state index in [2.05, 4.69) is 4.99 Å². The number of anilines is 1. The van der Waals surface area contributed by atoms with E-state index in [1.807, 2.05) is 0 Å². The van der Waals surface area contributed by atoms with Crippen molar-refractivity contribution >= 4 is 41.0 Å². The minimum atomic E-state index is -4.99. The molecule has 2 aromatic carbocycles. The number of carbonyl (C=O) groups excluding carboxylic acids is 1. The molecule has 9 nitrogen and oxygen atoms in total. The Morgan fingerprint density at radius 3 is 2.31 bits per heavy atom. The van der Waals surface area contributed by atoms with E-state index in [1.165, 1.54) is 12.0 Å². The van der Waals surface area contributed by atoms with Gasteiger partial charge in [-0.25, -0.2) is 18.6 Å². The number of piperazine rings is 1. The van der Waals surface area contributed by atoms with Crippen molar-refractivity contribution in [1.82, 2.24) is 9.80 Å². The fourth-order valence-corrected chi connectivity index (χ4v) is 7.71. The molecular formula is C32H38ClF5N4O5S. The third kappa shape index (κ3) is 7.35. The number of alkyl halides is 3. The van der Waals surface area contributed by atoms with Crippen LogP contribution in [-0.4, -0.2) is 103 Å². The molecule has 3 aliphatic rings. The first kappa shape index (κ1) is 36.4. The Hall–Kier alpha value is -2.85. The van der Waals surface area contributed by atoms with Crippen LogP contribution in [0.2, 0.25) is 5.02 Å². The number of amides is 1. The zero-order valence-corrected chi connectivity index (χ0v) is 28.9. The molecule has 1 fully saturated rings. The van der Waals surface area contributed by atoms with Gasteiger partial charge in [-0.3, -0.25) is 4.90 Å². The second-order valence-corrected chi connectivity index (χ2v) is 14.4. The van der Waals surface area contributed by atoms with Crippen LogP contribution in [0.1, 0.15) is 45.7 Å². The van der Waals surface area contributed by atoms with Crippen LogP contribution in [0.3, 0.4) is 0 Å². The lowest BCUT2D eigenvalue weighted by Crippen LogP contribution is -2.61. The van der Waals surface area contributed by atoms with E-state index < -0.39 is 75.8 Å². The van der Waals surface area contributed by atoms with E-state index in [-0.39, 0.29) is 60.6 Å². The summed E-state index contributed by atoms with van der Waals surface area (Å²) < 4.78 is 91.3. The van der Waals surface area contributed by atoms with Crippen LogP contribution in [0, 0.1) is 11.6 Å². The molecule has 2 aromatic rings. The van der Waals surface area contributed by atoms with Crippen molar-refractivity contribution in [2.75, 3.05) is 50.6 Å². The Morgan fingerprint density at radius 2 is 1.71 bits per heavy atom. The number of aliphatic hydroxyl groups excluding tert-OH is 1. The first-order valence-corrected chi connectivity index (χ1v) is 16.7. The largest absolute Gasteiger partial charge is 0.444 e. The molecule has 1 saturated heterocycles. The Labute approximate surface area is 284 Å². The van der Waals surface area contributed by atoms with Crippen LogP contribution < -0.4 is 4.90 Å².